The van der Waals surface area contributed by atoms with Gasteiger partial charge in [-0.25, -0.2) is 0 Å². The first-order chi connectivity index (χ1) is 6.63. The fourth-order valence-corrected chi connectivity index (χ4v) is 2.54. The van der Waals surface area contributed by atoms with Gasteiger partial charge in [0.2, 0.25) is 0 Å². The average Bonchev–Trinajstić information content (AvgIpc) is 2.52. The van der Waals surface area contributed by atoms with Gasteiger partial charge in [-0.2, -0.15) is 0 Å². The van der Waals surface area contributed by atoms with Crippen LogP contribution in [0.25, 0.3) is 0 Å². The molecule has 4 heteroatoms. The van der Waals surface area contributed by atoms with E-state index in [0.717, 1.165) is 16.6 Å². The Morgan fingerprint density at radius 1 is 1.64 bits per heavy atom. The first-order valence-electron chi connectivity index (χ1n) is 4.56. The Morgan fingerprint density at radius 2 is 2.36 bits per heavy atom. The van der Waals surface area contributed by atoms with Gasteiger partial charge in [-0.15, -0.1) is 11.3 Å². The number of nitrogens with one attached hydrogen (secondary N) is 1. The number of carbonyl (C=O) groups excluding carboxylic acids is 1. The van der Waals surface area contributed by atoms with E-state index in [1.807, 2.05) is 26.0 Å². The number of rotatable bonds is 4. The van der Waals surface area contributed by atoms with Crippen molar-refractivity contribution < 1.29 is 4.79 Å². The van der Waals surface area contributed by atoms with E-state index in [0.29, 0.717) is 0 Å². The minimum absolute atomic E-state index is 0.0385. The number of thiophene rings is 1. The van der Waals surface area contributed by atoms with Crippen LogP contribution < -0.4 is 5.32 Å². The van der Waals surface area contributed by atoms with Gasteiger partial charge in [0, 0.05) is 16.2 Å². The van der Waals surface area contributed by atoms with E-state index < -0.39 is 0 Å². The molecule has 2 nitrogen and oxygen atoms in total. The molecule has 0 aliphatic rings. The zero-order valence-electron chi connectivity index (χ0n) is 8.34. The molecule has 1 aromatic rings. The largest absolute Gasteiger partial charge is 0.349 e. The third kappa shape index (κ3) is 3.42. The van der Waals surface area contributed by atoms with E-state index >= 15 is 0 Å². The highest BCUT2D eigenvalue weighted by atomic mass is 79.9. The molecule has 78 valence electrons. The van der Waals surface area contributed by atoms with E-state index in [-0.39, 0.29) is 11.9 Å². The highest BCUT2D eigenvalue weighted by molar-refractivity contribution is 9.09. The first-order valence-corrected chi connectivity index (χ1v) is 6.50. The number of carbonyl (C=O) groups is 1. The molecule has 1 rings (SSSR count). The Bertz CT molecular complexity index is 311. The van der Waals surface area contributed by atoms with Crippen LogP contribution in [0.3, 0.4) is 0 Å². The molecule has 0 saturated carbocycles. The van der Waals surface area contributed by atoms with Gasteiger partial charge < -0.3 is 5.32 Å². The number of amides is 1. The molecular weight excluding hydrogens is 262 g/mol. The summed E-state index contributed by atoms with van der Waals surface area (Å²) in [5, 5.41) is 3.87. The normalized spacial score (nSPS) is 12.5. The monoisotopic (exact) mass is 275 g/mol. The van der Waals surface area contributed by atoms with Crippen molar-refractivity contribution in [2.24, 2.45) is 0 Å². The molecule has 1 N–H and O–H groups in total. The summed E-state index contributed by atoms with van der Waals surface area (Å²) >= 11 is 4.88. The predicted molar refractivity (Wildman–Crippen MR) is 64.4 cm³/mol. The summed E-state index contributed by atoms with van der Waals surface area (Å²) in [6.07, 6.45) is 0.954. The summed E-state index contributed by atoms with van der Waals surface area (Å²) < 4.78 is 0. The Labute approximate surface area is 96.8 Å². The van der Waals surface area contributed by atoms with Crippen LogP contribution >= 0.6 is 27.3 Å². The second-order valence-electron chi connectivity index (χ2n) is 3.26. The predicted octanol–water partition coefficient (Wildman–Crippen LogP) is 2.96. The summed E-state index contributed by atoms with van der Waals surface area (Å²) in [5.74, 6) is 0.0385. The van der Waals surface area contributed by atoms with Crippen LogP contribution in [0.5, 0.6) is 0 Å². The van der Waals surface area contributed by atoms with Gasteiger partial charge in [0.1, 0.15) is 0 Å². The molecule has 0 spiro atoms. The smallest absolute Gasteiger partial charge is 0.261 e. The van der Waals surface area contributed by atoms with Gasteiger partial charge in [-0.1, -0.05) is 15.9 Å². The average molecular weight is 276 g/mol. The molecule has 0 aliphatic carbocycles. The van der Waals surface area contributed by atoms with Gasteiger partial charge in [-0.3, -0.25) is 4.79 Å². The fraction of sp³-hybridized carbons (Fsp3) is 0.500. The van der Waals surface area contributed by atoms with Gasteiger partial charge in [0.05, 0.1) is 4.88 Å². The summed E-state index contributed by atoms with van der Waals surface area (Å²) in [5.41, 5.74) is 0. The summed E-state index contributed by atoms with van der Waals surface area (Å²) in [6, 6.07) is 4.06. The number of hydrogen-bond acceptors (Lipinski definition) is 2. The van der Waals surface area contributed by atoms with Crippen LogP contribution in [0.2, 0.25) is 0 Å². The van der Waals surface area contributed by atoms with Crippen LogP contribution in [0.4, 0.5) is 0 Å². The van der Waals surface area contributed by atoms with E-state index in [2.05, 4.69) is 21.2 Å². The lowest BCUT2D eigenvalue weighted by molar-refractivity contribution is 0.0943. The third-order valence-corrected chi connectivity index (χ3v) is 3.34. The quantitative estimate of drug-likeness (QED) is 0.842. The van der Waals surface area contributed by atoms with E-state index in [4.69, 9.17) is 0 Å². The van der Waals surface area contributed by atoms with Gasteiger partial charge in [0.25, 0.3) is 5.91 Å². The zero-order chi connectivity index (χ0) is 10.6. The van der Waals surface area contributed by atoms with Crippen LogP contribution in [0.1, 0.15) is 27.9 Å². The minimum atomic E-state index is 0.0385. The second-order valence-corrected chi connectivity index (χ2v) is 5.34. The van der Waals surface area contributed by atoms with Crippen molar-refractivity contribution in [1.29, 1.82) is 0 Å². The molecule has 0 fully saturated rings. The lowest BCUT2D eigenvalue weighted by atomic mass is 10.2. The van der Waals surface area contributed by atoms with Crippen molar-refractivity contribution in [1.82, 2.24) is 5.32 Å². The molecule has 1 aromatic heterocycles. The maximum absolute atomic E-state index is 11.6. The lowest BCUT2D eigenvalue weighted by Gasteiger charge is -2.10. The standard InChI is InChI=1S/C10H14BrNOS/c1-7(5-6-11)12-10(13)9-4-3-8(2)14-9/h3-4,7H,5-6H2,1-2H3,(H,12,13). The third-order valence-electron chi connectivity index (χ3n) is 1.88. The number of alkyl halides is 1. The van der Waals surface area contributed by atoms with Crippen molar-refractivity contribution in [3.05, 3.63) is 21.9 Å². The van der Waals surface area contributed by atoms with Crippen LogP contribution in [-0.4, -0.2) is 17.3 Å². The van der Waals surface area contributed by atoms with Gasteiger partial charge >= 0.3 is 0 Å². The Balaban J connectivity index is 2.50. The fourth-order valence-electron chi connectivity index (χ4n) is 1.09. The molecule has 0 aliphatic heterocycles. The second kappa shape index (κ2) is 5.51. The van der Waals surface area contributed by atoms with Gasteiger partial charge in [-0.05, 0) is 32.4 Å². The van der Waals surface area contributed by atoms with Crippen molar-refractivity contribution in [2.45, 2.75) is 26.3 Å². The molecule has 0 aromatic carbocycles. The van der Waals surface area contributed by atoms with Crippen LogP contribution in [0, 0.1) is 6.92 Å². The summed E-state index contributed by atoms with van der Waals surface area (Å²) in [6.45, 7) is 4.02. The van der Waals surface area contributed by atoms with Crippen molar-refractivity contribution in [3.63, 3.8) is 0 Å². The number of aryl methyl sites for hydroxylation is 1. The Kier molecular flexibility index (Phi) is 4.62. The van der Waals surface area contributed by atoms with Crippen LogP contribution in [0.15, 0.2) is 12.1 Å². The molecule has 0 saturated heterocycles. The molecule has 1 unspecified atom stereocenters. The van der Waals surface area contributed by atoms with Crippen LogP contribution in [-0.2, 0) is 0 Å². The molecule has 0 bridgehead atoms. The SMILES string of the molecule is Cc1ccc(C(=O)NC(C)CCBr)s1. The lowest BCUT2D eigenvalue weighted by Crippen LogP contribution is -2.32. The van der Waals surface area contributed by atoms with E-state index in [1.54, 1.807) is 0 Å². The van der Waals surface area contributed by atoms with Crippen molar-refractivity contribution in [3.8, 4) is 0 Å². The maximum atomic E-state index is 11.6. The summed E-state index contributed by atoms with van der Waals surface area (Å²) in [4.78, 5) is 13.6. The number of halogens is 1. The van der Waals surface area contributed by atoms with Crippen molar-refractivity contribution in [2.75, 3.05) is 5.33 Å². The number of hydrogen-bond donors (Lipinski definition) is 1. The maximum Gasteiger partial charge on any atom is 0.261 e. The van der Waals surface area contributed by atoms with Gasteiger partial charge in [0.15, 0.2) is 0 Å². The Hall–Kier alpha value is -0.350. The minimum Gasteiger partial charge on any atom is -0.349 e. The molecule has 14 heavy (non-hydrogen) atoms. The molecule has 1 heterocycles. The van der Waals surface area contributed by atoms with E-state index in [1.165, 1.54) is 16.2 Å². The Morgan fingerprint density at radius 3 is 2.86 bits per heavy atom. The van der Waals surface area contributed by atoms with E-state index in [9.17, 15) is 4.79 Å². The highest BCUT2D eigenvalue weighted by Crippen LogP contribution is 2.14. The summed E-state index contributed by atoms with van der Waals surface area (Å²) in [7, 11) is 0. The molecular formula is C10H14BrNOS. The molecule has 1 amide bonds. The molecule has 1 atom stereocenters. The highest BCUT2D eigenvalue weighted by Gasteiger charge is 2.10. The topological polar surface area (TPSA) is 29.1 Å². The zero-order valence-corrected chi connectivity index (χ0v) is 10.7. The molecule has 0 radical (unpaired) electrons. The van der Waals surface area contributed by atoms with Crippen molar-refractivity contribution >= 4 is 33.2 Å². The first kappa shape index (κ1) is 11.7.